The van der Waals surface area contributed by atoms with Crippen LogP contribution >= 0.6 is 23.2 Å². The molecule has 1 atom stereocenters. The highest BCUT2D eigenvalue weighted by molar-refractivity contribution is 6.35. The van der Waals surface area contributed by atoms with Gasteiger partial charge in [-0.2, -0.15) is 13.2 Å². The van der Waals surface area contributed by atoms with Crippen LogP contribution in [0.25, 0.3) is 0 Å². The first-order valence-electron chi connectivity index (χ1n) is 10.6. The van der Waals surface area contributed by atoms with Crippen LogP contribution in [0.15, 0.2) is 29.4 Å². The lowest BCUT2D eigenvalue weighted by Crippen LogP contribution is -2.44. The van der Waals surface area contributed by atoms with Gasteiger partial charge in [0.15, 0.2) is 5.82 Å². The van der Waals surface area contributed by atoms with Gasteiger partial charge in [-0.15, -0.1) is 0 Å². The molecule has 2 aromatic rings. The number of hydrogen-bond acceptors (Lipinski definition) is 5. The second-order valence-electron chi connectivity index (χ2n) is 8.39. The molecule has 0 aliphatic carbocycles. The fourth-order valence-corrected chi connectivity index (χ4v) is 4.70. The number of amides is 1. The minimum Gasteiger partial charge on any atom is -0.383 e. The highest BCUT2D eigenvalue weighted by Gasteiger charge is 2.63. The molecular weight excluding hydrogens is 513 g/mol. The van der Waals surface area contributed by atoms with Crippen molar-refractivity contribution in [2.45, 2.75) is 38.2 Å². The number of nitrogens with zero attached hydrogens (tertiary/aromatic N) is 2. The molecule has 12 heteroatoms. The Labute approximate surface area is 208 Å². The smallest absolute Gasteiger partial charge is 0.383 e. The van der Waals surface area contributed by atoms with Crippen LogP contribution in [0.1, 0.15) is 39.0 Å². The molecule has 0 saturated heterocycles. The topological polar surface area (TPSA) is 63.2 Å². The predicted molar refractivity (Wildman–Crippen MR) is 122 cm³/mol. The van der Waals surface area contributed by atoms with Crippen LogP contribution in [0.4, 0.5) is 17.6 Å². The average molecular weight is 534 g/mol. The Bertz CT molecular complexity index is 1180. The Morgan fingerprint density at radius 1 is 1.20 bits per heavy atom. The normalized spacial score (nSPS) is 19.4. The van der Waals surface area contributed by atoms with Crippen molar-refractivity contribution in [2.75, 3.05) is 20.3 Å². The van der Waals surface area contributed by atoms with E-state index in [1.165, 1.54) is 7.11 Å². The second kappa shape index (κ2) is 9.48. The number of halogens is 6. The van der Waals surface area contributed by atoms with E-state index in [1.54, 1.807) is 17.9 Å². The zero-order valence-corrected chi connectivity index (χ0v) is 20.2. The number of ether oxygens (including phenoxy) is 1. The number of benzene rings is 2. The molecule has 1 unspecified atom stereocenters. The third-order valence-electron chi connectivity index (χ3n) is 6.09. The number of amidine groups is 1. The first-order valence-corrected chi connectivity index (χ1v) is 11.3. The van der Waals surface area contributed by atoms with Gasteiger partial charge in [0.25, 0.3) is 11.5 Å². The molecule has 2 aromatic carbocycles. The Morgan fingerprint density at radius 2 is 1.83 bits per heavy atom. The van der Waals surface area contributed by atoms with Crippen LogP contribution in [0.5, 0.6) is 0 Å². The van der Waals surface area contributed by atoms with Crippen molar-refractivity contribution in [1.29, 1.82) is 0 Å². The fraction of sp³-hybridized carbons (Fsp3) is 0.391. The van der Waals surface area contributed by atoms with Gasteiger partial charge < -0.3 is 19.8 Å². The van der Waals surface area contributed by atoms with Gasteiger partial charge in [0.1, 0.15) is 5.84 Å². The maximum Gasteiger partial charge on any atom is 0.435 e. The van der Waals surface area contributed by atoms with Crippen molar-refractivity contribution in [3.8, 4) is 0 Å². The van der Waals surface area contributed by atoms with Gasteiger partial charge in [-0.25, -0.2) is 4.39 Å². The lowest BCUT2D eigenvalue weighted by atomic mass is 9.89. The molecule has 0 fully saturated rings. The molecule has 0 bridgehead atoms. The lowest BCUT2D eigenvalue weighted by molar-refractivity contribution is -0.275. The molecule has 35 heavy (non-hydrogen) atoms. The van der Waals surface area contributed by atoms with E-state index in [1.807, 2.05) is 6.07 Å². The van der Waals surface area contributed by atoms with E-state index in [0.29, 0.717) is 25.3 Å². The van der Waals surface area contributed by atoms with Crippen molar-refractivity contribution in [3.63, 3.8) is 0 Å². The molecule has 6 nitrogen and oxygen atoms in total. The first kappa shape index (κ1) is 25.5. The maximum absolute atomic E-state index is 14.3. The fourth-order valence-electron chi connectivity index (χ4n) is 4.21. The zero-order valence-electron chi connectivity index (χ0n) is 18.7. The number of rotatable bonds is 5. The number of hydrogen-bond donors (Lipinski definition) is 1. The van der Waals surface area contributed by atoms with Gasteiger partial charge in [0.2, 0.25) is 0 Å². The van der Waals surface area contributed by atoms with Gasteiger partial charge in [-0.3, -0.25) is 4.79 Å². The standard InChI is InChI=1S/C23H21Cl2F4N3O3/c1-12-5-13-10-32(11-14(13)6-16(12)21(33)30-3-4-34-2)19-9-22(35-31-19,23(27,28)29)15-7-17(24)20(26)18(25)8-15/h5-8H,3-4,9-11H2,1-2H3,(H,30,33). The van der Waals surface area contributed by atoms with Crippen LogP contribution in [0, 0.1) is 12.7 Å². The summed E-state index contributed by atoms with van der Waals surface area (Å²) in [5.41, 5.74) is -0.413. The molecule has 1 amide bonds. The molecule has 0 aromatic heterocycles. The molecule has 0 spiro atoms. The minimum absolute atomic E-state index is 0.0684. The number of fused-ring (bicyclic) bond motifs is 1. The Kier molecular flexibility index (Phi) is 6.91. The number of nitrogens with one attached hydrogen (secondary N) is 1. The monoisotopic (exact) mass is 533 g/mol. The largest absolute Gasteiger partial charge is 0.435 e. The van der Waals surface area contributed by atoms with Gasteiger partial charge in [-0.1, -0.05) is 34.4 Å². The zero-order chi connectivity index (χ0) is 25.5. The molecule has 4 rings (SSSR count). The molecule has 2 heterocycles. The third-order valence-corrected chi connectivity index (χ3v) is 6.64. The summed E-state index contributed by atoms with van der Waals surface area (Å²) in [6, 6.07) is 5.28. The van der Waals surface area contributed by atoms with Crippen LogP contribution in [-0.2, 0) is 28.3 Å². The number of alkyl halides is 3. The van der Waals surface area contributed by atoms with E-state index in [2.05, 4.69) is 10.5 Å². The van der Waals surface area contributed by atoms with Crippen LogP contribution < -0.4 is 5.32 Å². The number of aryl methyl sites for hydroxylation is 1. The summed E-state index contributed by atoms with van der Waals surface area (Å²) in [6.45, 7) is 3.05. The first-order chi connectivity index (χ1) is 16.5. The Balaban J connectivity index is 1.57. The summed E-state index contributed by atoms with van der Waals surface area (Å²) in [5, 5.41) is 5.43. The van der Waals surface area contributed by atoms with E-state index in [9.17, 15) is 22.4 Å². The van der Waals surface area contributed by atoms with Gasteiger partial charge in [-0.05, 0) is 41.8 Å². The molecule has 0 radical (unpaired) electrons. The van der Waals surface area contributed by atoms with Gasteiger partial charge in [0, 0.05) is 37.9 Å². The minimum atomic E-state index is -4.89. The molecule has 2 aliphatic heterocycles. The van der Waals surface area contributed by atoms with Crippen molar-refractivity contribution in [2.24, 2.45) is 5.16 Å². The molecule has 188 valence electrons. The van der Waals surface area contributed by atoms with Crippen LogP contribution in [0.2, 0.25) is 10.0 Å². The summed E-state index contributed by atoms with van der Waals surface area (Å²) in [7, 11) is 1.53. The number of carbonyl (C=O) groups excluding carboxylic acids is 1. The average Bonchev–Trinajstić information content (AvgIpc) is 3.41. The number of methoxy groups -OCH3 is 1. The number of carbonyl (C=O) groups is 1. The second-order valence-corrected chi connectivity index (χ2v) is 9.21. The molecular formula is C23H21Cl2F4N3O3. The predicted octanol–water partition coefficient (Wildman–Crippen LogP) is 5.32. The summed E-state index contributed by atoms with van der Waals surface area (Å²) in [5.74, 6) is -1.21. The van der Waals surface area contributed by atoms with E-state index in [-0.39, 0.29) is 18.3 Å². The summed E-state index contributed by atoms with van der Waals surface area (Å²) < 4.78 is 61.6. The van der Waals surface area contributed by atoms with Crippen molar-refractivity contribution >= 4 is 34.9 Å². The Morgan fingerprint density at radius 3 is 2.43 bits per heavy atom. The van der Waals surface area contributed by atoms with E-state index >= 15 is 0 Å². The third kappa shape index (κ3) is 4.66. The van der Waals surface area contributed by atoms with Crippen molar-refractivity contribution in [3.05, 3.63) is 67.9 Å². The highest BCUT2D eigenvalue weighted by atomic mass is 35.5. The van der Waals surface area contributed by atoms with Gasteiger partial charge in [0.05, 0.1) is 23.1 Å². The summed E-state index contributed by atoms with van der Waals surface area (Å²) in [6.07, 6.45) is -5.54. The van der Waals surface area contributed by atoms with E-state index in [0.717, 1.165) is 28.8 Å². The number of oxime groups is 1. The lowest BCUT2D eigenvalue weighted by Gasteiger charge is -2.30. The quantitative estimate of drug-likeness (QED) is 0.321. The van der Waals surface area contributed by atoms with Crippen molar-refractivity contribution in [1.82, 2.24) is 10.2 Å². The molecule has 0 saturated carbocycles. The SMILES string of the molecule is COCCNC(=O)c1cc2c(cc1C)CN(C1=NOC(c3cc(Cl)c(F)c(Cl)c3)(C(F)(F)F)C1)C2. The summed E-state index contributed by atoms with van der Waals surface area (Å²) >= 11 is 11.5. The van der Waals surface area contributed by atoms with E-state index in [4.69, 9.17) is 32.8 Å². The van der Waals surface area contributed by atoms with Gasteiger partial charge >= 0.3 is 6.18 Å². The Hall–Kier alpha value is -2.56. The van der Waals surface area contributed by atoms with Crippen LogP contribution in [-0.4, -0.2) is 43.1 Å². The maximum atomic E-state index is 14.3. The van der Waals surface area contributed by atoms with E-state index < -0.39 is 39.6 Å². The highest BCUT2D eigenvalue weighted by Crippen LogP contribution is 2.50. The molecule has 2 aliphatic rings. The van der Waals surface area contributed by atoms with Crippen LogP contribution in [0.3, 0.4) is 0 Å². The summed E-state index contributed by atoms with van der Waals surface area (Å²) in [4.78, 5) is 19.2. The molecule has 1 N–H and O–H groups in total. The van der Waals surface area contributed by atoms with Crippen molar-refractivity contribution < 1.29 is 31.9 Å².